The van der Waals surface area contributed by atoms with Gasteiger partial charge in [-0.1, -0.05) is 18.3 Å². The molecule has 15 heteroatoms. The van der Waals surface area contributed by atoms with Gasteiger partial charge in [-0.25, -0.2) is 26.9 Å². The lowest BCUT2D eigenvalue weighted by atomic mass is 10.0. The van der Waals surface area contributed by atoms with Crippen LogP contribution in [0.2, 0.25) is 0 Å². The molecule has 2 saturated heterocycles. The number of hydrogen-bond donors (Lipinski definition) is 2. The van der Waals surface area contributed by atoms with E-state index in [1.165, 1.54) is 16.8 Å². The molecule has 0 unspecified atom stereocenters. The van der Waals surface area contributed by atoms with Crippen LogP contribution in [-0.4, -0.2) is 83.8 Å². The Bertz CT molecular complexity index is 1360. The highest BCUT2D eigenvalue weighted by atomic mass is 32.2. The minimum absolute atomic E-state index is 0.0298. The average molecular weight is 545 g/mol. The van der Waals surface area contributed by atoms with E-state index in [0.717, 1.165) is 11.3 Å². The van der Waals surface area contributed by atoms with Gasteiger partial charge in [0.25, 0.3) is 6.43 Å². The van der Waals surface area contributed by atoms with Crippen molar-refractivity contribution >= 4 is 32.7 Å². The Balaban J connectivity index is 1.67. The summed E-state index contributed by atoms with van der Waals surface area (Å²) >= 11 is 0.719. The number of aromatic nitrogens is 4. The minimum Gasteiger partial charge on any atom is -0.394 e. The summed E-state index contributed by atoms with van der Waals surface area (Å²) in [5, 5.41) is 16.9. The first-order chi connectivity index (χ1) is 17.1. The maximum absolute atomic E-state index is 13.4. The molecule has 0 aliphatic carbocycles. The number of pyridine rings is 1. The average Bonchev–Trinajstić information content (AvgIpc) is 3.49. The van der Waals surface area contributed by atoms with Crippen molar-refractivity contribution in [2.45, 2.75) is 49.3 Å². The van der Waals surface area contributed by atoms with E-state index in [9.17, 15) is 22.3 Å². The second kappa shape index (κ2) is 9.54. The van der Waals surface area contributed by atoms with E-state index in [1.807, 2.05) is 11.8 Å². The quantitative estimate of drug-likeness (QED) is 0.436. The maximum atomic E-state index is 13.4. The molecule has 11 nitrogen and oxygen atoms in total. The summed E-state index contributed by atoms with van der Waals surface area (Å²) in [6, 6.07) is 1.46. The molecule has 196 valence electrons. The second-order valence-electron chi connectivity index (χ2n) is 9.16. The van der Waals surface area contributed by atoms with Crippen LogP contribution in [-0.2, 0) is 19.5 Å². The number of fused-ring (bicyclic) bond motifs is 1. The molecule has 0 spiro atoms. The van der Waals surface area contributed by atoms with E-state index >= 15 is 0 Å². The van der Waals surface area contributed by atoms with Crippen molar-refractivity contribution < 1.29 is 31.8 Å². The lowest BCUT2D eigenvalue weighted by Gasteiger charge is -2.41. The van der Waals surface area contributed by atoms with Gasteiger partial charge in [0.1, 0.15) is 10.6 Å². The fraction of sp³-hybridized carbons (Fsp3) is 0.571. The third kappa shape index (κ3) is 4.59. The van der Waals surface area contributed by atoms with Crippen molar-refractivity contribution in [1.29, 1.82) is 0 Å². The predicted octanol–water partition coefficient (Wildman–Crippen LogP) is 1.83. The number of anilines is 1. The number of ether oxygens (including phenoxy) is 2. The van der Waals surface area contributed by atoms with Crippen LogP contribution >= 0.6 is 11.3 Å². The van der Waals surface area contributed by atoms with Crippen LogP contribution in [0, 0.1) is 0 Å². The molecule has 2 fully saturated rings. The van der Waals surface area contributed by atoms with Gasteiger partial charge in [-0.2, -0.15) is 0 Å². The first-order valence-electron chi connectivity index (χ1n) is 11.4. The van der Waals surface area contributed by atoms with E-state index in [1.54, 1.807) is 13.0 Å². The van der Waals surface area contributed by atoms with Crippen molar-refractivity contribution in [3.05, 3.63) is 23.5 Å². The summed E-state index contributed by atoms with van der Waals surface area (Å²) in [5.41, 5.74) is 0.550. The topological polar surface area (TPSA) is 131 Å². The third-order valence-electron chi connectivity index (χ3n) is 6.29. The van der Waals surface area contributed by atoms with Crippen molar-refractivity contribution in [3.8, 4) is 10.7 Å². The number of halogens is 2. The predicted molar refractivity (Wildman–Crippen MR) is 127 cm³/mol. The molecule has 3 aromatic rings. The third-order valence-corrected chi connectivity index (χ3v) is 8.85. The van der Waals surface area contributed by atoms with Crippen LogP contribution in [0.5, 0.6) is 0 Å². The fourth-order valence-corrected chi connectivity index (χ4v) is 6.44. The standard InChI is InChI=1S/C21H26F2N6O5S2/c1-3-12-9-34-13(8-30)6-28(12)15-4-14(36(31,32)27-21(2)10-33-11-21)7-29-16(5-24-18(15)29)19-25-26-20(35-19)17(22)23/h4-5,7,12-13,17,27,30H,3,6,8-11H2,1-2H3/t12-,13+/m1/s1. The normalized spacial score (nSPS) is 22.3. The van der Waals surface area contributed by atoms with Gasteiger partial charge in [-0.15, -0.1) is 10.2 Å². The first-order valence-corrected chi connectivity index (χ1v) is 13.7. The number of nitrogens with one attached hydrogen (secondary N) is 1. The summed E-state index contributed by atoms with van der Waals surface area (Å²) in [5.74, 6) is 0. The SMILES string of the molecule is CC[C@@H]1CO[C@H](CO)CN1c1cc(S(=O)(=O)NC2(C)COC2)cn2c(-c3nnc(C(F)F)s3)cnc12. The fourth-order valence-electron chi connectivity index (χ4n) is 4.34. The van der Waals surface area contributed by atoms with Crippen molar-refractivity contribution in [2.24, 2.45) is 0 Å². The highest BCUT2D eigenvalue weighted by Crippen LogP contribution is 2.35. The zero-order valence-electron chi connectivity index (χ0n) is 19.6. The lowest BCUT2D eigenvalue weighted by molar-refractivity contribution is -0.0523. The molecule has 2 aliphatic rings. The van der Waals surface area contributed by atoms with Gasteiger partial charge in [0, 0.05) is 12.7 Å². The Hall–Kier alpha value is -2.30. The molecule has 2 N–H and O–H groups in total. The highest BCUT2D eigenvalue weighted by molar-refractivity contribution is 7.89. The minimum atomic E-state index is -4.00. The van der Waals surface area contributed by atoms with E-state index in [-0.39, 0.29) is 35.8 Å². The van der Waals surface area contributed by atoms with E-state index < -0.39 is 33.1 Å². The van der Waals surface area contributed by atoms with E-state index in [0.29, 0.717) is 36.6 Å². The van der Waals surface area contributed by atoms with Crippen LogP contribution in [0.1, 0.15) is 31.7 Å². The highest BCUT2D eigenvalue weighted by Gasteiger charge is 2.39. The molecule has 5 heterocycles. The number of sulfonamides is 1. The van der Waals surface area contributed by atoms with Crippen LogP contribution < -0.4 is 9.62 Å². The molecule has 0 aromatic carbocycles. The van der Waals surface area contributed by atoms with Crippen LogP contribution in [0.3, 0.4) is 0 Å². The van der Waals surface area contributed by atoms with Crippen molar-refractivity contribution in [1.82, 2.24) is 24.3 Å². The summed E-state index contributed by atoms with van der Waals surface area (Å²) < 4.78 is 68.4. The van der Waals surface area contributed by atoms with Gasteiger partial charge in [0.05, 0.1) is 56.0 Å². The Morgan fingerprint density at radius 3 is 2.75 bits per heavy atom. The number of alkyl halides is 2. The summed E-state index contributed by atoms with van der Waals surface area (Å²) in [6.45, 7) is 4.72. The number of rotatable bonds is 8. The number of morpholine rings is 1. The molecule has 36 heavy (non-hydrogen) atoms. The molecule has 2 aliphatic heterocycles. The van der Waals surface area contributed by atoms with Gasteiger partial charge in [-0.3, -0.25) is 4.40 Å². The first kappa shape index (κ1) is 25.4. The van der Waals surface area contributed by atoms with Crippen molar-refractivity contribution in [2.75, 3.05) is 37.9 Å². The smallest absolute Gasteiger partial charge is 0.291 e. The van der Waals surface area contributed by atoms with Gasteiger partial charge < -0.3 is 19.5 Å². The van der Waals surface area contributed by atoms with E-state index in [4.69, 9.17) is 9.47 Å². The number of aliphatic hydroxyl groups excluding tert-OH is 1. The summed E-state index contributed by atoms with van der Waals surface area (Å²) in [6.07, 6.45) is 0.344. The number of nitrogens with zero attached hydrogens (tertiary/aromatic N) is 5. The molecular weight excluding hydrogens is 518 g/mol. The van der Waals surface area contributed by atoms with Crippen LogP contribution in [0.4, 0.5) is 14.5 Å². The Labute approximate surface area is 210 Å². The maximum Gasteiger partial charge on any atom is 0.291 e. The molecule has 3 aromatic heterocycles. The van der Waals surface area contributed by atoms with Gasteiger partial charge in [0.15, 0.2) is 15.7 Å². The zero-order chi connectivity index (χ0) is 25.7. The molecule has 2 atom stereocenters. The molecular formula is C21H26F2N6O5S2. The van der Waals surface area contributed by atoms with Crippen molar-refractivity contribution in [3.63, 3.8) is 0 Å². The largest absolute Gasteiger partial charge is 0.394 e. The summed E-state index contributed by atoms with van der Waals surface area (Å²) in [7, 11) is -4.00. The van der Waals surface area contributed by atoms with Gasteiger partial charge in [0.2, 0.25) is 10.0 Å². The number of imidazole rings is 1. The molecule has 0 saturated carbocycles. The van der Waals surface area contributed by atoms with Gasteiger partial charge >= 0.3 is 0 Å². The van der Waals surface area contributed by atoms with Gasteiger partial charge in [-0.05, 0) is 19.4 Å². The number of aliphatic hydroxyl groups is 1. The molecule has 0 radical (unpaired) electrons. The second-order valence-corrected chi connectivity index (χ2v) is 11.8. The van der Waals surface area contributed by atoms with Crippen LogP contribution in [0.15, 0.2) is 23.4 Å². The summed E-state index contributed by atoms with van der Waals surface area (Å²) in [4.78, 5) is 6.45. The Kier molecular flexibility index (Phi) is 6.72. The number of hydrogen-bond acceptors (Lipinski definition) is 10. The molecule has 0 bridgehead atoms. The lowest BCUT2D eigenvalue weighted by Crippen LogP contribution is -2.59. The van der Waals surface area contributed by atoms with Crippen LogP contribution in [0.25, 0.3) is 16.3 Å². The monoisotopic (exact) mass is 544 g/mol. The Morgan fingerprint density at radius 2 is 2.14 bits per heavy atom. The molecule has 5 rings (SSSR count). The molecule has 0 amide bonds. The Morgan fingerprint density at radius 1 is 1.36 bits per heavy atom. The van der Waals surface area contributed by atoms with E-state index in [2.05, 4.69) is 19.9 Å². The zero-order valence-corrected chi connectivity index (χ0v) is 21.2.